The summed E-state index contributed by atoms with van der Waals surface area (Å²) in [4.78, 5) is 2.41. The van der Waals surface area contributed by atoms with Crippen molar-refractivity contribution in [3.05, 3.63) is 35.5 Å². The van der Waals surface area contributed by atoms with Crippen LogP contribution in [0, 0.1) is 11.8 Å². The van der Waals surface area contributed by atoms with Crippen LogP contribution >= 0.6 is 0 Å². The number of likely N-dealkylation sites (tertiary alicyclic amines) is 1. The predicted octanol–water partition coefficient (Wildman–Crippen LogP) is 3.61. The summed E-state index contributed by atoms with van der Waals surface area (Å²) < 4.78 is 2.31. The third-order valence-corrected chi connectivity index (χ3v) is 4.99. The maximum absolute atomic E-state index is 3.73. The van der Waals surface area contributed by atoms with Gasteiger partial charge in [-0.15, -0.1) is 0 Å². The minimum absolute atomic E-state index is 0.656. The molecule has 2 heterocycles. The topological polar surface area (TPSA) is 20.2 Å². The van der Waals surface area contributed by atoms with Gasteiger partial charge in [-0.2, -0.15) is 0 Å². The predicted molar refractivity (Wildman–Crippen MR) is 102 cm³/mol. The highest BCUT2D eigenvalue weighted by Gasteiger charge is 2.16. The lowest BCUT2D eigenvalue weighted by molar-refractivity contribution is 0.234. The van der Waals surface area contributed by atoms with Crippen LogP contribution in [0.1, 0.15) is 44.4 Å². The maximum Gasteiger partial charge on any atom is 0.0930 e. The van der Waals surface area contributed by atoms with Crippen molar-refractivity contribution in [3.8, 4) is 11.8 Å². The number of fused-ring (bicyclic) bond motifs is 1. The number of hydrogen-bond acceptors (Lipinski definition) is 2. The van der Waals surface area contributed by atoms with Crippen molar-refractivity contribution < 1.29 is 0 Å². The zero-order chi connectivity index (χ0) is 16.9. The van der Waals surface area contributed by atoms with E-state index in [1.807, 2.05) is 0 Å². The first-order valence-electron chi connectivity index (χ1n) is 9.24. The normalized spacial score (nSPS) is 16.3. The first-order valence-corrected chi connectivity index (χ1v) is 9.24. The van der Waals surface area contributed by atoms with Crippen LogP contribution in [0.15, 0.2) is 24.3 Å². The first kappa shape index (κ1) is 17.1. The second-order valence-electron chi connectivity index (χ2n) is 6.78. The van der Waals surface area contributed by atoms with E-state index in [1.165, 1.54) is 42.4 Å². The Hall–Kier alpha value is -1.76. The van der Waals surface area contributed by atoms with Crippen molar-refractivity contribution in [1.82, 2.24) is 14.8 Å². The van der Waals surface area contributed by atoms with Crippen LogP contribution in [0.3, 0.4) is 0 Å². The average molecular weight is 323 g/mol. The molecular weight excluding hydrogens is 294 g/mol. The number of piperidine rings is 1. The molecule has 0 unspecified atom stereocenters. The molecule has 3 nitrogen and oxygen atoms in total. The second kappa shape index (κ2) is 7.88. The van der Waals surface area contributed by atoms with E-state index in [0.29, 0.717) is 6.04 Å². The van der Waals surface area contributed by atoms with Crippen LogP contribution in [0.4, 0.5) is 0 Å². The quantitative estimate of drug-likeness (QED) is 0.868. The molecular formula is C21H29N3. The van der Waals surface area contributed by atoms with Crippen LogP contribution in [-0.4, -0.2) is 35.6 Å². The van der Waals surface area contributed by atoms with E-state index in [0.717, 1.165) is 25.2 Å². The van der Waals surface area contributed by atoms with E-state index in [9.17, 15) is 0 Å². The monoisotopic (exact) mass is 323 g/mol. The highest BCUT2D eigenvalue weighted by Crippen LogP contribution is 2.21. The van der Waals surface area contributed by atoms with Gasteiger partial charge in [-0.3, -0.25) is 0 Å². The molecule has 0 saturated carbocycles. The number of nitrogens with one attached hydrogen (secondary N) is 1. The van der Waals surface area contributed by atoms with Gasteiger partial charge in [0.25, 0.3) is 0 Å². The number of rotatable bonds is 4. The largest absolute Gasteiger partial charge is 0.334 e. The summed E-state index contributed by atoms with van der Waals surface area (Å²) in [5.74, 6) is 6.50. The lowest BCUT2D eigenvalue weighted by Gasteiger charge is -2.29. The molecule has 1 N–H and O–H groups in total. The molecule has 0 atom stereocenters. The molecule has 1 aromatic heterocycles. The van der Waals surface area contributed by atoms with Gasteiger partial charge in [-0.1, -0.05) is 18.9 Å². The Balaban J connectivity index is 1.73. The molecule has 0 bridgehead atoms. The van der Waals surface area contributed by atoms with Crippen molar-refractivity contribution in [2.75, 3.05) is 20.1 Å². The zero-order valence-corrected chi connectivity index (χ0v) is 15.2. The number of benzene rings is 1. The summed E-state index contributed by atoms with van der Waals surface area (Å²) in [6.07, 6.45) is 3.40. The summed E-state index contributed by atoms with van der Waals surface area (Å²) in [5, 5.41) is 5.04. The fourth-order valence-corrected chi connectivity index (χ4v) is 3.53. The third kappa shape index (κ3) is 3.83. The molecule has 1 aromatic carbocycles. The van der Waals surface area contributed by atoms with Crippen LogP contribution < -0.4 is 5.32 Å². The van der Waals surface area contributed by atoms with E-state index in [-0.39, 0.29) is 0 Å². The molecule has 1 aliphatic rings. The summed E-state index contributed by atoms with van der Waals surface area (Å²) in [5.41, 5.74) is 3.79. The Labute approximate surface area is 146 Å². The fraction of sp³-hybridized carbons (Fsp3) is 0.524. The van der Waals surface area contributed by atoms with E-state index < -0.39 is 0 Å². The third-order valence-electron chi connectivity index (χ3n) is 4.99. The van der Waals surface area contributed by atoms with Crippen LogP contribution in [0.25, 0.3) is 10.9 Å². The van der Waals surface area contributed by atoms with Gasteiger partial charge in [0.1, 0.15) is 0 Å². The molecule has 0 radical (unpaired) electrons. The molecule has 1 fully saturated rings. The summed E-state index contributed by atoms with van der Waals surface area (Å²) in [7, 11) is 2.21. The highest BCUT2D eigenvalue weighted by molar-refractivity contribution is 5.83. The molecule has 0 aliphatic carbocycles. The van der Waals surface area contributed by atoms with Gasteiger partial charge in [0, 0.05) is 36.5 Å². The number of nitrogens with zero attached hydrogens (tertiary/aromatic N) is 2. The SMILES string of the molecule is CCC#Cc1cc2cc(CNC3CCN(C)CC3)ccc2n1CC. The molecule has 2 aromatic rings. The van der Waals surface area contributed by atoms with Gasteiger partial charge in [-0.25, -0.2) is 0 Å². The van der Waals surface area contributed by atoms with E-state index in [4.69, 9.17) is 0 Å². The summed E-state index contributed by atoms with van der Waals surface area (Å²) in [6.45, 7) is 8.61. The van der Waals surface area contributed by atoms with Crippen LogP contribution in [-0.2, 0) is 13.1 Å². The van der Waals surface area contributed by atoms with Gasteiger partial charge < -0.3 is 14.8 Å². The van der Waals surface area contributed by atoms with E-state index >= 15 is 0 Å². The van der Waals surface area contributed by atoms with Crippen molar-refractivity contribution >= 4 is 10.9 Å². The minimum atomic E-state index is 0.656. The standard InChI is InChI=1S/C21H29N3/c1-4-6-7-20-15-18-14-17(8-9-21(18)24(20)5-2)16-22-19-10-12-23(3)13-11-19/h8-9,14-15,19,22H,4-5,10-13,16H2,1-3H3. The zero-order valence-electron chi connectivity index (χ0n) is 15.2. The molecule has 0 amide bonds. The van der Waals surface area contributed by atoms with Crippen molar-refractivity contribution in [2.24, 2.45) is 0 Å². The summed E-state index contributed by atoms with van der Waals surface area (Å²) in [6, 6.07) is 9.72. The first-order chi connectivity index (χ1) is 11.7. The van der Waals surface area contributed by atoms with Gasteiger partial charge in [0.05, 0.1) is 5.69 Å². The molecule has 3 heteroatoms. The average Bonchev–Trinajstić information content (AvgIpc) is 2.96. The van der Waals surface area contributed by atoms with Gasteiger partial charge in [0.2, 0.25) is 0 Å². The Morgan fingerprint density at radius 2 is 1.96 bits per heavy atom. The maximum atomic E-state index is 3.73. The summed E-state index contributed by atoms with van der Waals surface area (Å²) >= 11 is 0. The van der Waals surface area contributed by atoms with Crippen molar-refractivity contribution in [1.29, 1.82) is 0 Å². The molecule has 0 spiro atoms. The number of aromatic nitrogens is 1. The minimum Gasteiger partial charge on any atom is -0.334 e. The van der Waals surface area contributed by atoms with Gasteiger partial charge in [-0.05, 0) is 69.6 Å². The molecule has 24 heavy (non-hydrogen) atoms. The van der Waals surface area contributed by atoms with E-state index in [2.05, 4.69) is 71.8 Å². The van der Waals surface area contributed by atoms with E-state index in [1.54, 1.807) is 0 Å². The van der Waals surface area contributed by atoms with Crippen LogP contribution in [0.5, 0.6) is 0 Å². The Morgan fingerprint density at radius 1 is 1.17 bits per heavy atom. The Morgan fingerprint density at radius 3 is 2.67 bits per heavy atom. The highest BCUT2D eigenvalue weighted by atomic mass is 15.1. The Bertz CT molecular complexity index is 740. The van der Waals surface area contributed by atoms with Crippen LogP contribution in [0.2, 0.25) is 0 Å². The Kier molecular flexibility index (Phi) is 5.60. The molecule has 128 valence electrons. The van der Waals surface area contributed by atoms with Gasteiger partial charge in [0.15, 0.2) is 0 Å². The van der Waals surface area contributed by atoms with Gasteiger partial charge >= 0.3 is 0 Å². The molecule has 1 saturated heterocycles. The lowest BCUT2D eigenvalue weighted by atomic mass is 10.0. The van der Waals surface area contributed by atoms with Crippen molar-refractivity contribution in [2.45, 2.75) is 52.2 Å². The van der Waals surface area contributed by atoms with Crippen molar-refractivity contribution in [3.63, 3.8) is 0 Å². The lowest BCUT2D eigenvalue weighted by Crippen LogP contribution is -2.40. The smallest absolute Gasteiger partial charge is 0.0930 e. The number of hydrogen-bond donors (Lipinski definition) is 1. The second-order valence-corrected chi connectivity index (χ2v) is 6.78. The number of aryl methyl sites for hydroxylation is 1. The molecule has 1 aliphatic heterocycles. The molecule has 3 rings (SSSR count). The fourth-order valence-electron chi connectivity index (χ4n) is 3.53.